The zero-order valence-electron chi connectivity index (χ0n) is 8.13. The van der Waals surface area contributed by atoms with Crippen molar-refractivity contribution in [2.24, 2.45) is 0 Å². The molecule has 1 unspecified atom stereocenters. The van der Waals surface area contributed by atoms with Gasteiger partial charge in [-0.3, -0.25) is 4.79 Å². The molecule has 0 saturated heterocycles. The number of carbonyl (C=O) groups excluding carboxylic acids is 1. The molecule has 1 rings (SSSR count). The molecule has 0 heterocycles. The van der Waals surface area contributed by atoms with Crippen molar-refractivity contribution in [2.75, 3.05) is 6.54 Å². The van der Waals surface area contributed by atoms with Gasteiger partial charge in [0.15, 0.2) is 0 Å². The van der Waals surface area contributed by atoms with Crippen LogP contribution in [-0.4, -0.2) is 22.4 Å². The first-order valence-corrected chi connectivity index (χ1v) is 6.41. The third kappa shape index (κ3) is 3.98. The highest BCUT2D eigenvalue weighted by Gasteiger charge is 2.08. The Bertz CT molecular complexity index is 368. The average Bonchev–Trinajstić information content (AvgIpc) is 2.18. The molecule has 82 valence electrons. The average molecular weight is 384 g/mol. The Morgan fingerprint density at radius 2 is 2.33 bits per heavy atom. The van der Waals surface area contributed by atoms with E-state index in [1.54, 1.807) is 12.1 Å². The van der Waals surface area contributed by atoms with Crippen LogP contribution in [0.1, 0.15) is 17.3 Å². The Balaban J connectivity index is 2.70. The van der Waals surface area contributed by atoms with Gasteiger partial charge in [-0.25, -0.2) is 0 Å². The molecule has 1 aromatic carbocycles. The predicted molar refractivity (Wildman–Crippen MR) is 71.5 cm³/mol. The summed E-state index contributed by atoms with van der Waals surface area (Å²) in [4.78, 5) is 11.8. The van der Waals surface area contributed by atoms with E-state index in [2.05, 4.69) is 21.2 Å². The lowest BCUT2D eigenvalue weighted by atomic mass is 10.2. The molecule has 0 fully saturated rings. The Morgan fingerprint density at radius 3 is 2.87 bits per heavy atom. The van der Waals surface area contributed by atoms with Crippen molar-refractivity contribution >= 4 is 44.4 Å². The van der Waals surface area contributed by atoms with E-state index in [1.807, 2.05) is 29.5 Å². The van der Waals surface area contributed by atoms with Crippen LogP contribution >= 0.6 is 38.5 Å². The van der Waals surface area contributed by atoms with Gasteiger partial charge >= 0.3 is 0 Å². The van der Waals surface area contributed by atoms with Crippen LogP contribution in [0.3, 0.4) is 0 Å². The standard InChI is InChI=1S/C10H11BrINO2/c1-6(11)5-13-10(15)7-2-3-8(12)9(14)4-7/h2-4,6,14H,5H2,1H3,(H,13,15). The van der Waals surface area contributed by atoms with Crippen LogP contribution in [0.15, 0.2) is 18.2 Å². The lowest BCUT2D eigenvalue weighted by Gasteiger charge is -2.07. The lowest BCUT2D eigenvalue weighted by Crippen LogP contribution is -2.28. The molecule has 1 atom stereocenters. The molecule has 2 N–H and O–H groups in total. The molecule has 0 aliphatic rings. The van der Waals surface area contributed by atoms with Gasteiger partial charge in [-0.15, -0.1) is 0 Å². The van der Waals surface area contributed by atoms with Gasteiger partial charge in [-0.2, -0.15) is 0 Å². The van der Waals surface area contributed by atoms with E-state index in [0.717, 1.165) is 3.57 Å². The molecular weight excluding hydrogens is 373 g/mol. The smallest absolute Gasteiger partial charge is 0.251 e. The molecule has 3 nitrogen and oxygen atoms in total. The maximum absolute atomic E-state index is 11.6. The van der Waals surface area contributed by atoms with Crippen molar-refractivity contribution in [3.05, 3.63) is 27.3 Å². The second-order valence-corrected chi connectivity index (χ2v) is 5.88. The number of hydrogen-bond donors (Lipinski definition) is 2. The zero-order valence-corrected chi connectivity index (χ0v) is 11.9. The van der Waals surface area contributed by atoms with Crippen molar-refractivity contribution in [1.82, 2.24) is 5.32 Å². The maximum Gasteiger partial charge on any atom is 0.251 e. The van der Waals surface area contributed by atoms with E-state index in [9.17, 15) is 9.90 Å². The number of benzene rings is 1. The Hall–Kier alpha value is -0.300. The number of halogens is 2. The third-order valence-corrected chi connectivity index (χ3v) is 2.99. The SMILES string of the molecule is CC(Br)CNC(=O)c1ccc(I)c(O)c1. The molecule has 15 heavy (non-hydrogen) atoms. The first-order chi connectivity index (χ1) is 7.00. The number of hydrogen-bond acceptors (Lipinski definition) is 2. The second-order valence-electron chi connectivity index (χ2n) is 3.16. The van der Waals surface area contributed by atoms with Crippen molar-refractivity contribution < 1.29 is 9.90 Å². The maximum atomic E-state index is 11.6. The molecule has 0 radical (unpaired) electrons. The van der Waals surface area contributed by atoms with Crippen LogP contribution in [0, 0.1) is 3.57 Å². The number of phenolic OH excluding ortho intramolecular Hbond substituents is 1. The lowest BCUT2D eigenvalue weighted by molar-refractivity contribution is 0.0954. The summed E-state index contributed by atoms with van der Waals surface area (Å²) in [6, 6.07) is 4.87. The fourth-order valence-corrected chi connectivity index (χ4v) is 1.49. The molecule has 1 aromatic rings. The summed E-state index contributed by atoms with van der Waals surface area (Å²) in [6.45, 7) is 2.51. The number of amides is 1. The molecule has 0 aromatic heterocycles. The predicted octanol–water partition coefficient (Wildman–Crippen LogP) is 2.51. The number of aromatic hydroxyl groups is 1. The van der Waals surface area contributed by atoms with Crippen molar-refractivity contribution in [2.45, 2.75) is 11.8 Å². The third-order valence-electron chi connectivity index (χ3n) is 1.75. The first kappa shape index (κ1) is 12.8. The van der Waals surface area contributed by atoms with Crippen LogP contribution in [0.4, 0.5) is 0 Å². The number of nitrogens with one attached hydrogen (secondary N) is 1. The van der Waals surface area contributed by atoms with Crippen LogP contribution in [-0.2, 0) is 0 Å². The van der Waals surface area contributed by atoms with Gasteiger partial charge in [-0.1, -0.05) is 22.9 Å². The number of alkyl halides is 1. The van der Waals surface area contributed by atoms with E-state index < -0.39 is 0 Å². The fourth-order valence-electron chi connectivity index (χ4n) is 0.989. The highest BCUT2D eigenvalue weighted by molar-refractivity contribution is 14.1. The quantitative estimate of drug-likeness (QED) is 0.622. The Labute approximate surface area is 111 Å². The summed E-state index contributed by atoms with van der Waals surface area (Å²) < 4.78 is 0.734. The van der Waals surface area contributed by atoms with Gasteiger partial charge in [0.05, 0.1) is 3.57 Å². The first-order valence-electron chi connectivity index (χ1n) is 4.41. The van der Waals surface area contributed by atoms with Gasteiger partial charge in [0, 0.05) is 16.9 Å². The highest BCUT2D eigenvalue weighted by atomic mass is 127. The molecule has 1 amide bonds. The van der Waals surface area contributed by atoms with Crippen LogP contribution in [0.2, 0.25) is 0 Å². The fraction of sp³-hybridized carbons (Fsp3) is 0.300. The summed E-state index contributed by atoms with van der Waals surface area (Å²) >= 11 is 5.34. The number of phenols is 1. The summed E-state index contributed by atoms with van der Waals surface area (Å²) in [6.07, 6.45) is 0. The Kier molecular flexibility index (Phi) is 4.85. The van der Waals surface area contributed by atoms with Gasteiger partial charge in [0.2, 0.25) is 0 Å². The minimum absolute atomic E-state index is 0.134. The zero-order chi connectivity index (χ0) is 11.4. The minimum atomic E-state index is -0.173. The second kappa shape index (κ2) is 5.69. The Morgan fingerprint density at radius 1 is 1.67 bits per heavy atom. The molecule has 0 aliphatic heterocycles. The van der Waals surface area contributed by atoms with E-state index >= 15 is 0 Å². The number of rotatable bonds is 3. The van der Waals surface area contributed by atoms with Crippen LogP contribution < -0.4 is 5.32 Å². The van der Waals surface area contributed by atoms with E-state index in [4.69, 9.17) is 0 Å². The summed E-state index contributed by atoms with van der Waals surface area (Å²) in [5.41, 5.74) is 0.473. The van der Waals surface area contributed by atoms with E-state index in [1.165, 1.54) is 6.07 Å². The minimum Gasteiger partial charge on any atom is -0.507 e. The summed E-state index contributed by atoms with van der Waals surface area (Å²) in [5.74, 6) is -0.0388. The van der Waals surface area contributed by atoms with Gasteiger partial charge in [-0.05, 0) is 40.8 Å². The van der Waals surface area contributed by atoms with Crippen LogP contribution in [0.5, 0.6) is 5.75 Å². The molecule has 0 spiro atoms. The van der Waals surface area contributed by atoms with Gasteiger partial charge < -0.3 is 10.4 Å². The van der Waals surface area contributed by atoms with Crippen molar-refractivity contribution in [3.63, 3.8) is 0 Å². The molecule has 5 heteroatoms. The summed E-state index contributed by atoms with van der Waals surface area (Å²) in [5, 5.41) is 12.2. The van der Waals surface area contributed by atoms with Crippen LogP contribution in [0.25, 0.3) is 0 Å². The monoisotopic (exact) mass is 383 g/mol. The summed E-state index contributed by atoms with van der Waals surface area (Å²) in [7, 11) is 0. The van der Waals surface area contributed by atoms with Crippen molar-refractivity contribution in [1.29, 1.82) is 0 Å². The topological polar surface area (TPSA) is 49.3 Å². The molecule has 0 saturated carbocycles. The number of carbonyl (C=O) groups is 1. The molecule has 0 bridgehead atoms. The normalized spacial score (nSPS) is 12.2. The van der Waals surface area contributed by atoms with E-state index in [-0.39, 0.29) is 16.5 Å². The van der Waals surface area contributed by atoms with Gasteiger partial charge in [0.25, 0.3) is 5.91 Å². The van der Waals surface area contributed by atoms with Crippen molar-refractivity contribution in [3.8, 4) is 5.75 Å². The largest absolute Gasteiger partial charge is 0.507 e. The van der Waals surface area contributed by atoms with E-state index in [0.29, 0.717) is 12.1 Å². The van der Waals surface area contributed by atoms with Gasteiger partial charge in [0.1, 0.15) is 5.75 Å². The molecule has 0 aliphatic carbocycles. The molecular formula is C10H11BrINO2. The highest BCUT2D eigenvalue weighted by Crippen LogP contribution is 2.20.